The summed E-state index contributed by atoms with van der Waals surface area (Å²) in [5.74, 6) is 0.924. The molecule has 0 bridgehead atoms. The van der Waals surface area contributed by atoms with E-state index >= 15 is 0 Å². The second-order valence-corrected chi connectivity index (χ2v) is 5.61. The van der Waals surface area contributed by atoms with Crippen molar-refractivity contribution in [2.45, 2.75) is 9.95 Å². The van der Waals surface area contributed by atoms with Crippen LogP contribution in [0.15, 0.2) is 59.5 Å². The Bertz CT molecular complexity index is 625. The van der Waals surface area contributed by atoms with E-state index in [1.165, 1.54) is 4.90 Å². The van der Waals surface area contributed by atoms with Gasteiger partial charge in [-0.3, -0.25) is 0 Å². The van der Waals surface area contributed by atoms with Crippen molar-refractivity contribution in [3.05, 3.63) is 60.2 Å². The number of nitrogens with one attached hydrogen (secondary N) is 1. The van der Waals surface area contributed by atoms with Gasteiger partial charge in [-0.1, -0.05) is 30.3 Å². The summed E-state index contributed by atoms with van der Waals surface area (Å²) in [7, 11) is 0. The lowest BCUT2D eigenvalue weighted by molar-refractivity contribution is 0.244. The Morgan fingerprint density at radius 3 is 2.78 bits per heavy atom. The van der Waals surface area contributed by atoms with Gasteiger partial charge in [0.15, 0.2) is 0 Å². The van der Waals surface area contributed by atoms with Gasteiger partial charge in [0.1, 0.15) is 5.75 Å². The molecule has 3 heteroatoms. The fourth-order valence-corrected chi connectivity index (χ4v) is 3.40. The van der Waals surface area contributed by atoms with E-state index in [2.05, 4.69) is 35.7 Å². The van der Waals surface area contributed by atoms with Gasteiger partial charge in [0.2, 0.25) is 0 Å². The number of anilines is 1. The van der Waals surface area contributed by atoms with Gasteiger partial charge in [0.25, 0.3) is 5.06 Å². The third-order valence-electron chi connectivity index (χ3n) is 3.12. The van der Waals surface area contributed by atoms with Crippen LogP contribution >= 0.6 is 11.8 Å². The van der Waals surface area contributed by atoms with Gasteiger partial charge in [0, 0.05) is 10.5 Å². The molecular formula is C15H11NOS. The van der Waals surface area contributed by atoms with Gasteiger partial charge < -0.3 is 10.1 Å². The molecule has 2 heterocycles. The first-order valence-corrected chi connectivity index (χ1v) is 6.70. The number of hydrogen-bond donors (Lipinski definition) is 1. The van der Waals surface area contributed by atoms with Crippen molar-refractivity contribution in [2.75, 3.05) is 5.32 Å². The molecule has 0 saturated heterocycles. The number of ether oxygens (including phenoxy) is 1. The first-order chi connectivity index (χ1) is 8.85. The first kappa shape index (κ1) is 10.1. The molecule has 4 rings (SSSR count). The summed E-state index contributed by atoms with van der Waals surface area (Å²) < 4.78 is 6.13. The zero-order valence-electron chi connectivity index (χ0n) is 9.59. The van der Waals surface area contributed by atoms with E-state index in [-0.39, 0.29) is 0 Å². The molecule has 1 atom stereocenters. The van der Waals surface area contributed by atoms with Crippen LogP contribution in [0.2, 0.25) is 0 Å². The molecule has 2 aromatic carbocycles. The molecule has 2 aromatic rings. The Labute approximate surface area is 110 Å². The Hall–Kier alpha value is -1.87. The zero-order chi connectivity index (χ0) is 12.0. The van der Waals surface area contributed by atoms with Crippen molar-refractivity contribution in [1.29, 1.82) is 0 Å². The number of rotatable bonds is 0. The fourth-order valence-electron chi connectivity index (χ4n) is 2.27. The molecule has 2 aliphatic rings. The summed E-state index contributed by atoms with van der Waals surface area (Å²) in [6, 6.07) is 16.4. The highest BCUT2D eigenvalue weighted by Crippen LogP contribution is 2.49. The minimum Gasteiger partial charge on any atom is -0.454 e. The number of para-hydroxylation sites is 2. The van der Waals surface area contributed by atoms with Crippen LogP contribution in [-0.4, -0.2) is 5.06 Å². The number of fused-ring (bicyclic) bond motifs is 2. The summed E-state index contributed by atoms with van der Waals surface area (Å²) >= 11 is 1.70. The van der Waals surface area contributed by atoms with E-state index in [1.54, 1.807) is 11.8 Å². The molecule has 1 N–H and O–H groups in total. The lowest BCUT2D eigenvalue weighted by Gasteiger charge is -2.30. The van der Waals surface area contributed by atoms with E-state index in [0.29, 0.717) is 0 Å². The molecule has 0 aliphatic carbocycles. The Kier molecular flexibility index (Phi) is 2.00. The van der Waals surface area contributed by atoms with Crippen LogP contribution in [0.5, 0.6) is 5.75 Å². The Balaban J connectivity index is 1.74. The van der Waals surface area contributed by atoms with Gasteiger partial charge in [-0.05, 0) is 42.1 Å². The highest BCUT2D eigenvalue weighted by Gasteiger charge is 2.39. The van der Waals surface area contributed by atoms with Crippen molar-refractivity contribution in [3.63, 3.8) is 0 Å². The van der Waals surface area contributed by atoms with Gasteiger partial charge in [0.05, 0.1) is 5.69 Å². The molecular weight excluding hydrogens is 242 g/mol. The van der Waals surface area contributed by atoms with Crippen LogP contribution in [0.25, 0.3) is 6.08 Å². The standard InChI is InChI=1S/C15H11NOS/c1-3-7-13-11(5-1)9-10-15(17-13)16-12-6-2-4-8-14(12)18-15/h1-10,16H. The second-order valence-electron chi connectivity index (χ2n) is 4.36. The van der Waals surface area contributed by atoms with E-state index < -0.39 is 5.06 Å². The van der Waals surface area contributed by atoms with Gasteiger partial charge in [-0.15, -0.1) is 0 Å². The monoisotopic (exact) mass is 253 g/mol. The van der Waals surface area contributed by atoms with Crippen LogP contribution in [0, 0.1) is 0 Å². The van der Waals surface area contributed by atoms with E-state index in [0.717, 1.165) is 17.0 Å². The SMILES string of the molecule is C1=CC2(Nc3ccccc3S2)Oc2ccccc21. The lowest BCUT2D eigenvalue weighted by atomic mass is 10.1. The van der Waals surface area contributed by atoms with Crippen LogP contribution in [0.3, 0.4) is 0 Å². The maximum absolute atomic E-state index is 6.13. The van der Waals surface area contributed by atoms with Crippen molar-refractivity contribution in [1.82, 2.24) is 0 Å². The first-order valence-electron chi connectivity index (χ1n) is 5.88. The molecule has 1 spiro atoms. The predicted molar refractivity (Wildman–Crippen MR) is 74.8 cm³/mol. The summed E-state index contributed by atoms with van der Waals surface area (Å²) in [5.41, 5.74) is 2.26. The summed E-state index contributed by atoms with van der Waals surface area (Å²) in [4.78, 5) is 1.22. The average Bonchev–Trinajstić information content (AvgIpc) is 2.76. The van der Waals surface area contributed by atoms with E-state index in [4.69, 9.17) is 4.74 Å². The normalized spacial score (nSPS) is 23.1. The zero-order valence-corrected chi connectivity index (χ0v) is 10.4. The van der Waals surface area contributed by atoms with Crippen LogP contribution in [0.4, 0.5) is 5.69 Å². The van der Waals surface area contributed by atoms with Crippen molar-refractivity contribution < 1.29 is 4.74 Å². The quantitative estimate of drug-likeness (QED) is 0.767. The molecule has 0 fully saturated rings. The largest absolute Gasteiger partial charge is 0.454 e. The number of hydrogen-bond acceptors (Lipinski definition) is 3. The summed E-state index contributed by atoms with van der Waals surface area (Å²) in [5, 5.41) is 2.96. The van der Waals surface area contributed by atoms with Crippen molar-refractivity contribution in [2.24, 2.45) is 0 Å². The van der Waals surface area contributed by atoms with Crippen LogP contribution in [0.1, 0.15) is 5.56 Å². The minimum atomic E-state index is -0.488. The molecule has 0 saturated carbocycles. The maximum Gasteiger partial charge on any atom is 0.253 e. The van der Waals surface area contributed by atoms with Gasteiger partial charge >= 0.3 is 0 Å². The fraction of sp³-hybridized carbons (Fsp3) is 0.0667. The molecule has 2 nitrogen and oxygen atoms in total. The minimum absolute atomic E-state index is 0.488. The van der Waals surface area contributed by atoms with Gasteiger partial charge in [-0.2, -0.15) is 0 Å². The third kappa shape index (κ3) is 1.44. The Morgan fingerprint density at radius 2 is 1.83 bits per heavy atom. The molecule has 2 aliphatic heterocycles. The number of benzene rings is 2. The van der Waals surface area contributed by atoms with Crippen LogP contribution < -0.4 is 10.1 Å². The molecule has 18 heavy (non-hydrogen) atoms. The highest BCUT2D eigenvalue weighted by atomic mass is 32.2. The predicted octanol–water partition coefficient (Wildman–Crippen LogP) is 3.96. The second kappa shape index (κ2) is 3.56. The highest BCUT2D eigenvalue weighted by molar-refractivity contribution is 8.01. The van der Waals surface area contributed by atoms with Crippen molar-refractivity contribution >= 4 is 23.5 Å². The van der Waals surface area contributed by atoms with E-state index in [9.17, 15) is 0 Å². The molecule has 0 aromatic heterocycles. The maximum atomic E-state index is 6.13. The molecule has 0 amide bonds. The smallest absolute Gasteiger partial charge is 0.253 e. The topological polar surface area (TPSA) is 21.3 Å². The van der Waals surface area contributed by atoms with Gasteiger partial charge in [-0.25, -0.2) is 0 Å². The molecule has 0 radical (unpaired) electrons. The Morgan fingerprint density at radius 1 is 1.00 bits per heavy atom. The molecule has 1 unspecified atom stereocenters. The molecule has 88 valence electrons. The summed E-state index contributed by atoms with van der Waals surface area (Å²) in [6.07, 6.45) is 4.20. The summed E-state index contributed by atoms with van der Waals surface area (Å²) in [6.45, 7) is 0. The van der Waals surface area contributed by atoms with Crippen LogP contribution in [-0.2, 0) is 0 Å². The average molecular weight is 253 g/mol. The van der Waals surface area contributed by atoms with E-state index in [1.807, 2.05) is 30.3 Å². The number of thioether (sulfide) groups is 1. The third-order valence-corrected chi connectivity index (χ3v) is 4.32. The van der Waals surface area contributed by atoms with Crippen molar-refractivity contribution in [3.8, 4) is 5.75 Å². The lowest BCUT2D eigenvalue weighted by Crippen LogP contribution is -2.37.